The molecule has 0 aliphatic heterocycles. The molecule has 1 aliphatic rings. The summed E-state index contributed by atoms with van der Waals surface area (Å²) in [4.78, 5) is 0. The number of aryl methyl sites for hydroxylation is 1. The van der Waals surface area contributed by atoms with Gasteiger partial charge in [-0.3, -0.25) is 0 Å². The second kappa shape index (κ2) is 6.47. The van der Waals surface area contributed by atoms with Gasteiger partial charge >= 0.3 is 0 Å². The third-order valence-corrected chi connectivity index (χ3v) is 4.07. The summed E-state index contributed by atoms with van der Waals surface area (Å²) < 4.78 is 5.49. The summed E-state index contributed by atoms with van der Waals surface area (Å²) in [6.07, 6.45) is 8.14. The van der Waals surface area contributed by atoms with E-state index >= 15 is 0 Å². The Hall–Kier alpha value is -0.450. The number of furan rings is 1. The molecule has 1 heterocycles. The van der Waals surface area contributed by atoms with Crippen LogP contribution in [0.5, 0.6) is 0 Å². The minimum atomic E-state index is 0.253. The standard InChI is InChI=1S/C13H21NO2S/c1-17-9-10(5-7-15)14-12-3-2-4-13-11(12)6-8-16-13/h6,8,10,12,14-15H,2-5,7,9H2,1H3. The number of rotatable bonds is 6. The van der Waals surface area contributed by atoms with Crippen LogP contribution in [-0.4, -0.2) is 29.8 Å². The van der Waals surface area contributed by atoms with Crippen molar-refractivity contribution < 1.29 is 9.52 Å². The molecular weight excluding hydrogens is 234 g/mol. The van der Waals surface area contributed by atoms with E-state index in [1.807, 2.05) is 11.8 Å². The number of thioether (sulfide) groups is 1. The molecule has 2 N–H and O–H groups in total. The van der Waals surface area contributed by atoms with E-state index < -0.39 is 0 Å². The Balaban J connectivity index is 1.99. The van der Waals surface area contributed by atoms with Gasteiger partial charge in [0, 0.05) is 36.4 Å². The molecule has 0 fully saturated rings. The van der Waals surface area contributed by atoms with Crippen LogP contribution in [0.2, 0.25) is 0 Å². The highest BCUT2D eigenvalue weighted by atomic mass is 32.2. The van der Waals surface area contributed by atoms with Crippen LogP contribution in [0.4, 0.5) is 0 Å². The quantitative estimate of drug-likeness (QED) is 0.819. The van der Waals surface area contributed by atoms with Gasteiger partial charge in [0.25, 0.3) is 0 Å². The number of hydrogen-bond donors (Lipinski definition) is 2. The molecule has 2 unspecified atom stereocenters. The molecule has 2 rings (SSSR count). The van der Waals surface area contributed by atoms with E-state index in [0.717, 1.165) is 24.4 Å². The van der Waals surface area contributed by atoms with E-state index in [0.29, 0.717) is 12.1 Å². The summed E-state index contributed by atoms with van der Waals surface area (Å²) in [6, 6.07) is 2.88. The molecule has 96 valence electrons. The van der Waals surface area contributed by atoms with Crippen LogP contribution in [0.15, 0.2) is 16.7 Å². The lowest BCUT2D eigenvalue weighted by atomic mass is 9.93. The Labute approximate surface area is 107 Å². The maximum absolute atomic E-state index is 9.08. The predicted octanol–water partition coefficient (Wildman–Crippen LogP) is 2.36. The Morgan fingerprint density at radius 3 is 3.29 bits per heavy atom. The molecular formula is C13H21NO2S. The molecule has 17 heavy (non-hydrogen) atoms. The molecule has 2 atom stereocenters. The van der Waals surface area contributed by atoms with Gasteiger partial charge in [-0.25, -0.2) is 0 Å². The first-order valence-electron chi connectivity index (χ1n) is 6.27. The van der Waals surface area contributed by atoms with Crippen molar-refractivity contribution in [3.05, 3.63) is 23.7 Å². The molecule has 3 nitrogen and oxygen atoms in total. The summed E-state index contributed by atoms with van der Waals surface area (Å²) in [5, 5.41) is 12.7. The van der Waals surface area contributed by atoms with E-state index in [1.54, 1.807) is 6.26 Å². The number of hydrogen-bond acceptors (Lipinski definition) is 4. The van der Waals surface area contributed by atoms with Gasteiger partial charge in [0.2, 0.25) is 0 Å². The minimum absolute atomic E-state index is 0.253. The Kier molecular flexibility index (Phi) is 4.95. The largest absolute Gasteiger partial charge is 0.469 e. The fourth-order valence-electron chi connectivity index (χ4n) is 2.52. The van der Waals surface area contributed by atoms with Gasteiger partial charge in [0.15, 0.2) is 0 Å². The third-order valence-electron chi connectivity index (χ3n) is 3.33. The molecule has 1 aromatic heterocycles. The molecule has 1 aliphatic carbocycles. The van der Waals surface area contributed by atoms with E-state index in [2.05, 4.69) is 17.6 Å². The maximum atomic E-state index is 9.08. The first kappa shape index (κ1) is 13.0. The van der Waals surface area contributed by atoms with Crippen LogP contribution in [0, 0.1) is 0 Å². The summed E-state index contributed by atoms with van der Waals surface area (Å²) in [6.45, 7) is 0.253. The van der Waals surface area contributed by atoms with Crippen molar-refractivity contribution in [2.24, 2.45) is 0 Å². The average Bonchev–Trinajstić information content (AvgIpc) is 2.79. The van der Waals surface area contributed by atoms with Crippen molar-refractivity contribution in [1.82, 2.24) is 5.32 Å². The second-order valence-corrected chi connectivity index (χ2v) is 5.49. The molecule has 4 heteroatoms. The summed E-state index contributed by atoms with van der Waals surface area (Å²) in [7, 11) is 0. The molecule has 0 aromatic carbocycles. The highest BCUT2D eigenvalue weighted by Gasteiger charge is 2.24. The Bertz CT molecular complexity index is 334. The smallest absolute Gasteiger partial charge is 0.108 e. The maximum Gasteiger partial charge on any atom is 0.108 e. The highest BCUT2D eigenvalue weighted by Crippen LogP contribution is 2.31. The zero-order valence-electron chi connectivity index (χ0n) is 10.3. The second-order valence-electron chi connectivity index (χ2n) is 4.58. The van der Waals surface area contributed by atoms with Gasteiger partial charge in [-0.2, -0.15) is 11.8 Å². The average molecular weight is 255 g/mol. The van der Waals surface area contributed by atoms with Crippen molar-refractivity contribution in [2.75, 3.05) is 18.6 Å². The monoisotopic (exact) mass is 255 g/mol. The van der Waals surface area contributed by atoms with Crippen molar-refractivity contribution in [3.8, 4) is 0 Å². The van der Waals surface area contributed by atoms with Crippen molar-refractivity contribution in [1.29, 1.82) is 0 Å². The zero-order chi connectivity index (χ0) is 12.1. The van der Waals surface area contributed by atoms with Crippen LogP contribution < -0.4 is 5.32 Å². The van der Waals surface area contributed by atoms with E-state index in [4.69, 9.17) is 9.52 Å². The van der Waals surface area contributed by atoms with Crippen molar-refractivity contribution in [2.45, 2.75) is 37.8 Å². The van der Waals surface area contributed by atoms with Gasteiger partial charge in [0.1, 0.15) is 5.76 Å². The predicted molar refractivity (Wildman–Crippen MR) is 71.4 cm³/mol. The fourth-order valence-corrected chi connectivity index (χ4v) is 3.18. The zero-order valence-corrected chi connectivity index (χ0v) is 11.1. The Morgan fingerprint density at radius 2 is 2.53 bits per heavy atom. The molecule has 0 saturated heterocycles. The molecule has 0 bridgehead atoms. The fraction of sp³-hybridized carbons (Fsp3) is 0.692. The molecule has 0 radical (unpaired) electrons. The number of nitrogens with one attached hydrogen (secondary N) is 1. The van der Waals surface area contributed by atoms with Crippen LogP contribution >= 0.6 is 11.8 Å². The van der Waals surface area contributed by atoms with Gasteiger partial charge in [0.05, 0.1) is 6.26 Å². The number of aliphatic hydroxyl groups excluding tert-OH is 1. The van der Waals surface area contributed by atoms with E-state index in [-0.39, 0.29) is 6.61 Å². The summed E-state index contributed by atoms with van der Waals surface area (Å²) in [5.41, 5.74) is 1.32. The van der Waals surface area contributed by atoms with Crippen molar-refractivity contribution in [3.63, 3.8) is 0 Å². The van der Waals surface area contributed by atoms with E-state index in [9.17, 15) is 0 Å². The van der Waals surface area contributed by atoms with Crippen LogP contribution in [-0.2, 0) is 6.42 Å². The number of fused-ring (bicyclic) bond motifs is 1. The molecule has 0 saturated carbocycles. The summed E-state index contributed by atoms with van der Waals surface area (Å²) in [5.74, 6) is 2.19. The normalized spacial score (nSPS) is 21.2. The topological polar surface area (TPSA) is 45.4 Å². The van der Waals surface area contributed by atoms with E-state index in [1.165, 1.54) is 18.4 Å². The third kappa shape index (κ3) is 3.27. The lowest BCUT2D eigenvalue weighted by Gasteiger charge is -2.27. The molecule has 0 spiro atoms. The van der Waals surface area contributed by atoms with Crippen LogP contribution in [0.3, 0.4) is 0 Å². The van der Waals surface area contributed by atoms with Gasteiger partial charge < -0.3 is 14.8 Å². The van der Waals surface area contributed by atoms with Gasteiger partial charge in [-0.1, -0.05) is 0 Å². The van der Waals surface area contributed by atoms with Crippen LogP contribution in [0.1, 0.15) is 36.6 Å². The van der Waals surface area contributed by atoms with Crippen LogP contribution in [0.25, 0.3) is 0 Å². The van der Waals surface area contributed by atoms with Gasteiger partial charge in [-0.05, 0) is 31.6 Å². The molecule has 0 amide bonds. The SMILES string of the molecule is CSCC(CCO)NC1CCCc2occc21. The lowest BCUT2D eigenvalue weighted by Crippen LogP contribution is -2.36. The highest BCUT2D eigenvalue weighted by molar-refractivity contribution is 7.98. The first-order chi connectivity index (χ1) is 8.35. The van der Waals surface area contributed by atoms with Gasteiger partial charge in [-0.15, -0.1) is 0 Å². The lowest BCUT2D eigenvalue weighted by molar-refractivity contribution is 0.260. The van der Waals surface area contributed by atoms with Crippen molar-refractivity contribution >= 4 is 11.8 Å². The number of aliphatic hydroxyl groups is 1. The minimum Gasteiger partial charge on any atom is -0.469 e. The Morgan fingerprint density at radius 1 is 1.65 bits per heavy atom. The molecule has 1 aromatic rings. The summed E-state index contributed by atoms with van der Waals surface area (Å²) >= 11 is 1.82. The first-order valence-corrected chi connectivity index (χ1v) is 7.66.